The molecule has 1 aliphatic heterocycles. The molecule has 5 heteroatoms. The molecule has 4 rings (SSSR count). The second-order valence-corrected chi connectivity index (χ2v) is 14.8. The Morgan fingerprint density at radius 3 is 2.06 bits per heavy atom. The number of likely N-dealkylation sites (tertiary alicyclic amines) is 1. The van der Waals surface area contributed by atoms with E-state index in [1.165, 1.54) is 15.9 Å². The van der Waals surface area contributed by atoms with Crippen molar-refractivity contribution in [3.8, 4) is 5.75 Å². The molecule has 0 unspecified atom stereocenters. The third-order valence-electron chi connectivity index (χ3n) is 6.91. The molecule has 184 valence electrons. The van der Waals surface area contributed by atoms with Crippen molar-refractivity contribution in [2.24, 2.45) is 0 Å². The van der Waals surface area contributed by atoms with Gasteiger partial charge in [0.25, 0.3) is 0 Å². The summed E-state index contributed by atoms with van der Waals surface area (Å²) in [4.78, 5) is 13.9. The lowest BCUT2D eigenvalue weighted by Crippen LogP contribution is -2.68. The van der Waals surface area contributed by atoms with Crippen LogP contribution < -0.4 is 14.8 Å². The first-order valence-corrected chi connectivity index (χ1v) is 14.6. The summed E-state index contributed by atoms with van der Waals surface area (Å²) >= 11 is 0. The molecule has 3 aromatic rings. The van der Waals surface area contributed by atoms with Gasteiger partial charge in [-0.25, -0.2) is 0 Å². The number of β-amino-alcohol motifs (C(OH)–C–C–N with tert-alkyl or cyclic N) is 1. The van der Waals surface area contributed by atoms with Crippen LogP contribution in [0.2, 0.25) is 5.04 Å². The van der Waals surface area contributed by atoms with E-state index in [1.54, 1.807) is 4.90 Å². The number of carbonyl (C=O) groups excluding carboxylic acids is 1. The molecule has 0 bridgehead atoms. The Balaban J connectivity index is 1.52. The van der Waals surface area contributed by atoms with E-state index in [1.807, 2.05) is 0 Å². The molecule has 0 atom stereocenters. The molecule has 1 fully saturated rings. The van der Waals surface area contributed by atoms with Gasteiger partial charge in [-0.3, -0.25) is 4.79 Å². The Bertz CT molecular complexity index is 1070. The molecule has 0 saturated carbocycles. The number of nitrogens with zero attached hydrogens (tertiary/aromatic N) is 1. The minimum Gasteiger partial charge on any atom is -0.534 e. The Labute approximate surface area is 210 Å². The van der Waals surface area contributed by atoms with Gasteiger partial charge in [-0.1, -0.05) is 93.6 Å². The molecular weight excluding hydrogens is 450 g/mol. The highest BCUT2D eigenvalue weighted by Crippen LogP contribution is 2.37. The van der Waals surface area contributed by atoms with Crippen LogP contribution in [0.25, 0.3) is 0 Å². The van der Waals surface area contributed by atoms with Crippen LogP contribution in [0, 0.1) is 0 Å². The predicted molar refractivity (Wildman–Crippen MR) is 145 cm³/mol. The molecule has 35 heavy (non-hydrogen) atoms. The third-order valence-corrected chi connectivity index (χ3v) is 11.9. The van der Waals surface area contributed by atoms with Gasteiger partial charge in [-0.05, 0) is 52.4 Å². The van der Waals surface area contributed by atoms with Crippen LogP contribution in [-0.2, 0) is 11.2 Å². The monoisotopic (exact) mass is 487 g/mol. The number of amides is 1. The van der Waals surface area contributed by atoms with Gasteiger partial charge in [0, 0.05) is 19.5 Å². The lowest BCUT2D eigenvalue weighted by molar-refractivity contribution is -0.141. The maximum absolute atomic E-state index is 12.2. The zero-order chi connectivity index (χ0) is 24.9. The van der Waals surface area contributed by atoms with E-state index in [0.29, 0.717) is 19.5 Å². The number of benzene rings is 3. The number of aryl methyl sites for hydroxylation is 1. The first-order valence-electron chi connectivity index (χ1n) is 12.6. The van der Waals surface area contributed by atoms with Gasteiger partial charge in [-0.15, -0.1) is 0 Å². The number of aliphatic hydroxyl groups is 1. The minimum atomic E-state index is -2.65. The molecule has 0 aromatic heterocycles. The quantitative estimate of drug-likeness (QED) is 0.356. The van der Waals surface area contributed by atoms with Crippen LogP contribution in [-0.4, -0.2) is 43.4 Å². The van der Waals surface area contributed by atoms with Gasteiger partial charge in [0.1, 0.15) is 5.75 Å². The molecule has 1 saturated heterocycles. The van der Waals surface area contributed by atoms with Crippen molar-refractivity contribution in [3.63, 3.8) is 0 Å². The zero-order valence-corrected chi connectivity index (χ0v) is 22.1. The molecule has 0 spiro atoms. The van der Waals surface area contributed by atoms with Crippen LogP contribution in [0.5, 0.6) is 5.75 Å². The van der Waals surface area contributed by atoms with Gasteiger partial charge < -0.3 is 14.4 Å². The summed E-state index contributed by atoms with van der Waals surface area (Å²) < 4.78 is 7.14. The average molecular weight is 488 g/mol. The first-order chi connectivity index (χ1) is 16.8. The van der Waals surface area contributed by atoms with E-state index in [0.717, 1.165) is 25.0 Å². The fourth-order valence-corrected chi connectivity index (χ4v) is 9.42. The second kappa shape index (κ2) is 10.8. The summed E-state index contributed by atoms with van der Waals surface area (Å²) in [6.07, 6.45) is 2.92. The molecule has 0 radical (unpaired) electrons. The fraction of sp³-hybridized carbons (Fsp3) is 0.367. The van der Waals surface area contributed by atoms with E-state index in [4.69, 9.17) is 4.43 Å². The SMILES string of the molecule is CC(C)(C)[Si](Oc1cccc(CCCCC(=O)N2CC(O)C2)c1)(c1ccccc1)c1ccccc1. The maximum atomic E-state index is 12.2. The van der Waals surface area contributed by atoms with Gasteiger partial charge in [0.15, 0.2) is 0 Å². The van der Waals surface area contributed by atoms with Crippen molar-refractivity contribution < 1.29 is 14.3 Å². The number of unbranched alkanes of at least 4 members (excludes halogenated alkanes) is 1. The van der Waals surface area contributed by atoms with Crippen molar-refractivity contribution in [3.05, 3.63) is 90.5 Å². The Morgan fingerprint density at radius 1 is 0.914 bits per heavy atom. The highest BCUT2D eigenvalue weighted by atomic mass is 28.4. The minimum absolute atomic E-state index is 0.0868. The summed E-state index contributed by atoms with van der Waals surface area (Å²) in [5.41, 5.74) is 1.23. The van der Waals surface area contributed by atoms with Crippen LogP contribution in [0.1, 0.15) is 45.6 Å². The van der Waals surface area contributed by atoms with Crippen molar-refractivity contribution >= 4 is 24.6 Å². The molecule has 1 aliphatic rings. The number of aliphatic hydroxyl groups excluding tert-OH is 1. The third kappa shape index (κ3) is 5.68. The van der Waals surface area contributed by atoms with E-state index < -0.39 is 8.32 Å². The zero-order valence-electron chi connectivity index (χ0n) is 21.1. The second-order valence-electron chi connectivity index (χ2n) is 10.6. The summed E-state index contributed by atoms with van der Waals surface area (Å²) in [6, 6.07) is 29.9. The van der Waals surface area contributed by atoms with Crippen LogP contribution >= 0.6 is 0 Å². The van der Waals surface area contributed by atoms with Crippen LogP contribution in [0.15, 0.2) is 84.9 Å². The number of hydrogen-bond acceptors (Lipinski definition) is 3. The lowest BCUT2D eigenvalue weighted by Gasteiger charge is -2.43. The summed E-state index contributed by atoms with van der Waals surface area (Å²) in [6.45, 7) is 7.84. The Morgan fingerprint density at radius 2 is 1.51 bits per heavy atom. The van der Waals surface area contributed by atoms with Gasteiger partial charge in [0.2, 0.25) is 5.91 Å². The fourth-order valence-electron chi connectivity index (χ4n) is 5.01. The lowest BCUT2D eigenvalue weighted by atomic mass is 10.1. The molecule has 3 aromatic carbocycles. The van der Waals surface area contributed by atoms with Gasteiger partial charge >= 0.3 is 8.32 Å². The standard InChI is InChI=1S/C30H37NO3Si/c1-30(2,3)35(27-16-6-4-7-17-27,28-18-8-5-9-19-28)34-26-15-12-14-24(21-26)13-10-11-20-29(33)31-22-25(32)23-31/h4-9,12,14-19,21,25,32H,10-11,13,20,22-23H2,1-3H3. The smallest absolute Gasteiger partial charge is 0.319 e. The normalized spacial score (nSPS) is 14.5. The average Bonchev–Trinajstić information content (AvgIpc) is 2.83. The highest BCUT2D eigenvalue weighted by molar-refractivity contribution is 7.00. The topological polar surface area (TPSA) is 49.8 Å². The molecule has 1 N–H and O–H groups in total. The summed E-state index contributed by atoms with van der Waals surface area (Å²) in [7, 11) is -2.65. The van der Waals surface area contributed by atoms with Gasteiger partial charge in [0.05, 0.1) is 6.10 Å². The van der Waals surface area contributed by atoms with E-state index in [9.17, 15) is 9.90 Å². The Kier molecular flexibility index (Phi) is 7.77. The maximum Gasteiger partial charge on any atom is 0.319 e. The number of hydrogen-bond donors (Lipinski definition) is 1. The summed E-state index contributed by atoms with van der Waals surface area (Å²) in [5.74, 6) is 1.06. The predicted octanol–water partition coefficient (Wildman–Crippen LogP) is 4.54. The molecular formula is C30H37NO3Si. The summed E-state index contributed by atoms with van der Waals surface area (Å²) in [5, 5.41) is 11.8. The van der Waals surface area contributed by atoms with E-state index in [-0.39, 0.29) is 17.0 Å². The van der Waals surface area contributed by atoms with Crippen molar-refractivity contribution in [1.29, 1.82) is 0 Å². The number of carbonyl (C=O) groups is 1. The number of rotatable bonds is 9. The highest BCUT2D eigenvalue weighted by Gasteiger charge is 2.52. The van der Waals surface area contributed by atoms with Crippen molar-refractivity contribution in [2.75, 3.05) is 13.1 Å². The van der Waals surface area contributed by atoms with Crippen LogP contribution in [0.3, 0.4) is 0 Å². The van der Waals surface area contributed by atoms with E-state index in [2.05, 4.69) is 106 Å². The van der Waals surface area contributed by atoms with Crippen molar-refractivity contribution in [2.45, 2.75) is 57.6 Å². The Hall–Kier alpha value is -2.89. The molecule has 1 amide bonds. The largest absolute Gasteiger partial charge is 0.534 e. The van der Waals surface area contributed by atoms with Crippen LogP contribution in [0.4, 0.5) is 0 Å². The van der Waals surface area contributed by atoms with Gasteiger partial charge in [-0.2, -0.15) is 0 Å². The molecule has 0 aliphatic carbocycles. The molecule has 4 nitrogen and oxygen atoms in total. The molecule has 1 heterocycles. The van der Waals surface area contributed by atoms with Crippen molar-refractivity contribution in [1.82, 2.24) is 4.90 Å². The van der Waals surface area contributed by atoms with E-state index >= 15 is 0 Å². The first kappa shape index (κ1) is 25.2.